The van der Waals surface area contributed by atoms with Gasteiger partial charge in [-0.3, -0.25) is 0 Å². The van der Waals surface area contributed by atoms with Crippen molar-refractivity contribution in [2.24, 2.45) is 0 Å². The number of benzene rings is 2. The van der Waals surface area contributed by atoms with Gasteiger partial charge in [-0.25, -0.2) is 4.98 Å². The molecule has 0 aliphatic rings. The largest absolute Gasteiger partial charge is 0.439 e. The van der Waals surface area contributed by atoms with Gasteiger partial charge in [0, 0.05) is 22.5 Å². The van der Waals surface area contributed by atoms with E-state index in [4.69, 9.17) is 16.3 Å². The van der Waals surface area contributed by atoms with E-state index in [2.05, 4.69) is 23.0 Å². The van der Waals surface area contributed by atoms with Crippen molar-refractivity contribution in [1.82, 2.24) is 9.97 Å². The van der Waals surface area contributed by atoms with Crippen LogP contribution in [-0.2, 0) is 5.75 Å². The molecule has 128 valence electrons. The molecular formula is C20H19ClN2OS. The Balaban J connectivity index is 1.77. The summed E-state index contributed by atoms with van der Waals surface area (Å²) in [5, 5.41) is 1.44. The summed E-state index contributed by atoms with van der Waals surface area (Å²) in [5.74, 6) is 2.08. The number of nitrogens with zero attached hydrogens (tertiary/aromatic N) is 2. The smallest absolute Gasteiger partial charge is 0.223 e. The molecule has 1 heterocycles. The van der Waals surface area contributed by atoms with Crippen LogP contribution >= 0.6 is 23.4 Å². The first-order valence-corrected chi connectivity index (χ1v) is 9.34. The number of thioether (sulfide) groups is 1. The first-order chi connectivity index (χ1) is 12.0. The Labute approximate surface area is 157 Å². The zero-order valence-corrected chi connectivity index (χ0v) is 16.0. The van der Waals surface area contributed by atoms with Crippen molar-refractivity contribution in [2.45, 2.75) is 31.7 Å². The van der Waals surface area contributed by atoms with Crippen molar-refractivity contribution < 1.29 is 4.74 Å². The minimum atomic E-state index is 0.557. The molecule has 0 bridgehead atoms. The molecule has 0 aliphatic heterocycles. The molecule has 0 saturated carbocycles. The minimum absolute atomic E-state index is 0.557. The summed E-state index contributed by atoms with van der Waals surface area (Å²) < 4.78 is 5.97. The highest BCUT2D eigenvalue weighted by Gasteiger charge is 2.08. The van der Waals surface area contributed by atoms with Crippen molar-refractivity contribution in [3.63, 3.8) is 0 Å². The van der Waals surface area contributed by atoms with Gasteiger partial charge in [-0.05, 0) is 44.0 Å². The maximum Gasteiger partial charge on any atom is 0.223 e. The van der Waals surface area contributed by atoms with Gasteiger partial charge in [0.25, 0.3) is 0 Å². The van der Waals surface area contributed by atoms with Crippen LogP contribution in [0.5, 0.6) is 11.6 Å². The molecule has 0 unspecified atom stereocenters. The first-order valence-electron chi connectivity index (χ1n) is 7.98. The van der Waals surface area contributed by atoms with E-state index < -0.39 is 0 Å². The summed E-state index contributed by atoms with van der Waals surface area (Å²) in [4.78, 5) is 9.01. The molecule has 0 spiro atoms. The topological polar surface area (TPSA) is 35.0 Å². The van der Waals surface area contributed by atoms with Crippen LogP contribution < -0.4 is 4.74 Å². The molecule has 0 fully saturated rings. The van der Waals surface area contributed by atoms with Gasteiger partial charge in [0.2, 0.25) is 5.88 Å². The van der Waals surface area contributed by atoms with E-state index in [0.717, 1.165) is 27.6 Å². The second-order valence-electron chi connectivity index (χ2n) is 5.88. The lowest BCUT2D eigenvalue weighted by molar-refractivity contribution is 0.451. The highest BCUT2D eigenvalue weighted by atomic mass is 35.5. The van der Waals surface area contributed by atoms with E-state index >= 15 is 0 Å². The average molecular weight is 371 g/mol. The number of hydrogen-bond donors (Lipinski definition) is 0. The van der Waals surface area contributed by atoms with Gasteiger partial charge in [0.15, 0.2) is 5.16 Å². The molecular weight excluding hydrogens is 352 g/mol. The number of rotatable bonds is 5. The van der Waals surface area contributed by atoms with E-state index in [0.29, 0.717) is 16.8 Å². The van der Waals surface area contributed by atoms with Crippen LogP contribution in [0.25, 0.3) is 0 Å². The number of hydrogen-bond acceptors (Lipinski definition) is 4. The second kappa shape index (κ2) is 7.89. The van der Waals surface area contributed by atoms with Gasteiger partial charge in [-0.2, -0.15) is 4.98 Å². The van der Waals surface area contributed by atoms with Crippen molar-refractivity contribution in [3.05, 3.63) is 75.9 Å². The summed E-state index contributed by atoms with van der Waals surface area (Å²) in [6.07, 6.45) is 0. The predicted molar refractivity (Wildman–Crippen MR) is 104 cm³/mol. The maximum atomic E-state index is 6.21. The number of halogens is 1. The number of aromatic nitrogens is 2. The zero-order valence-electron chi connectivity index (χ0n) is 14.4. The van der Waals surface area contributed by atoms with Crippen LogP contribution in [0.1, 0.15) is 22.4 Å². The molecule has 2 aromatic carbocycles. The Morgan fingerprint density at radius 3 is 2.56 bits per heavy atom. The Kier molecular flexibility index (Phi) is 5.61. The van der Waals surface area contributed by atoms with Crippen molar-refractivity contribution >= 4 is 23.4 Å². The molecule has 3 nitrogen and oxygen atoms in total. The lowest BCUT2D eigenvalue weighted by Crippen LogP contribution is -1.96. The quantitative estimate of drug-likeness (QED) is 0.399. The summed E-state index contributed by atoms with van der Waals surface area (Å²) in [7, 11) is 0. The van der Waals surface area contributed by atoms with Crippen LogP contribution in [0.3, 0.4) is 0 Å². The molecule has 0 saturated heterocycles. The third-order valence-corrected chi connectivity index (χ3v) is 4.93. The minimum Gasteiger partial charge on any atom is -0.439 e. The lowest BCUT2D eigenvalue weighted by atomic mass is 10.1. The van der Waals surface area contributed by atoms with Crippen LogP contribution in [0.2, 0.25) is 5.02 Å². The standard InChI is InChI=1S/C20H19ClN2OS/c1-13-8-9-18(14(2)10-13)24-19-11-15(3)22-20(23-19)25-12-16-6-4-5-7-17(16)21/h4-11H,12H2,1-3H3. The number of ether oxygens (including phenoxy) is 1. The molecule has 25 heavy (non-hydrogen) atoms. The fourth-order valence-electron chi connectivity index (χ4n) is 2.41. The van der Waals surface area contributed by atoms with Gasteiger partial charge < -0.3 is 4.74 Å². The van der Waals surface area contributed by atoms with Crippen molar-refractivity contribution in [1.29, 1.82) is 0 Å². The van der Waals surface area contributed by atoms with E-state index in [9.17, 15) is 0 Å². The monoisotopic (exact) mass is 370 g/mol. The Hall–Kier alpha value is -2.04. The van der Waals surface area contributed by atoms with Crippen LogP contribution in [-0.4, -0.2) is 9.97 Å². The Bertz CT molecular complexity index is 899. The predicted octanol–water partition coefficient (Wildman–Crippen LogP) is 6.14. The van der Waals surface area contributed by atoms with E-state index in [1.54, 1.807) is 11.8 Å². The van der Waals surface area contributed by atoms with Gasteiger partial charge >= 0.3 is 0 Å². The SMILES string of the molecule is Cc1ccc(Oc2cc(C)nc(SCc3ccccc3Cl)n2)c(C)c1. The van der Waals surface area contributed by atoms with Crippen molar-refractivity contribution in [3.8, 4) is 11.6 Å². The van der Waals surface area contributed by atoms with E-state index in [1.807, 2.05) is 56.3 Å². The fraction of sp³-hybridized carbons (Fsp3) is 0.200. The average Bonchev–Trinajstić information content (AvgIpc) is 2.56. The highest BCUT2D eigenvalue weighted by Crippen LogP contribution is 2.28. The van der Waals surface area contributed by atoms with Gasteiger partial charge in [0.1, 0.15) is 5.75 Å². The summed E-state index contributed by atoms with van der Waals surface area (Å²) in [6.45, 7) is 6.04. The molecule has 3 aromatic rings. The van der Waals surface area contributed by atoms with Crippen molar-refractivity contribution in [2.75, 3.05) is 0 Å². The molecule has 0 atom stereocenters. The molecule has 0 radical (unpaired) electrons. The molecule has 5 heteroatoms. The second-order valence-corrected chi connectivity index (χ2v) is 7.23. The summed E-state index contributed by atoms with van der Waals surface area (Å²) in [6, 6.07) is 15.8. The third kappa shape index (κ3) is 4.74. The van der Waals surface area contributed by atoms with E-state index in [1.165, 1.54) is 5.56 Å². The zero-order chi connectivity index (χ0) is 17.8. The van der Waals surface area contributed by atoms with Gasteiger partial charge in [-0.1, -0.05) is 59.3 Å². The fourth-order valence-corrected chi connectivity index (χ4v) is 3.60. The first kappa shape index (κ1) is 17.8. The normalized spacial score (nSPS) is 10.7. The van der Waals surface area contributed by atoms with Crippen LogP contribution in [0.15, 0.2) is 53.7 Å². The molecule has 1 aromatic heterocycles. The Morgan fingerprint density at radius 1 is 1.00 bits per heavy atom. The summed E-state index contributed by atoms with van der Waals surface area (Å²) in [5.41, 5.74) is 4.23. The molecule has 0 N–H and O–H groups in total. The highest BCUT2D eigenvalue weighted by molar-refractivity contribution is 7.98. The Morgan fingerprint density at radius 2 is 1.80 bits per heavy atom. The third-order valence-electron chi connectivity index (χ3n) is 3.67. The van der Waals surface area contributed by atoms with Gasteiger partial charge in [0.05, 0.1) is 0 Å². The van der Waals surface area contributed by atoms with Gasteiger partial charge in [-0.15, -0.1) is 0 Å². The van der Waals surface area contributed by atoms with E-state index in [-0.39, 0.29) is 0 Å². The summed E-state index contributed by atoms with van der Waals surface area (Å²) >= 11 is 7.76. The maximum absolute atomic E-state index is 6.21. The molecule has 0 amide bonds. The molecule has 0 aliphatic carbocycles. The molecule has 3 rings (SSSR count). The van der Waals surface area contributed by atoms with Crippen LogP contribution in [0, 0.1) is 20.8 Å². The lowest BCUT2D eigenvalue weighted by Gasteiger charge is -2.10. The van der Waals surface area contributed by atoms with Crippen LogP contribution in [0.4, 0.5) is 0 Å². The number of aryl methyl sites for hydroxylation is 3.